The van der Waals surface area contributed by atoms with Crippen LogP contribution in [0.15, 0.2) is 97.0 Å². The molecule has 35 heavy (non-hydrogen) atoms. The fraction of sp³-hybridized carbons (Fsp3) is 0.0870. The third-order valence-corrected chi connectivity index (χ3v) is 8.33. The van der Waals surface area contributed by atoms with Crippen LogP contribution < -0.4 is 9.44 Å². The fourth-order valence-electron chi connectivity index (χ4n) is 3.82. The molecule has 1 aliphatic rings. The molecule has 0 unspecified atom stereocenters. The molecule has 1 aliphatic carbocycles. The van der Waals surface area contributed by atoms with Gasteiger partial charge in [-0.25, -0.2) is 26.3 Å². The molecule has 0 fully saturated rings. The van der Waals surface area contributed by atoms with E-state index in [9.17, 15) is 22.0 Å². The number of fused-ring (bicyclic) bond motifs is 3. The van der Waals surface area contributed by atoms with Crippen LogP contribution >= 0.6 is 0 Å². The van der Waals surface area contributed by atoms with E-state index in [4.69, 9.17) is 8.83 Å². The Kier molecular flexibility index (Phi) is 5.81. The third kappa shape index (κ3) is 4.39. The predicted octanol–water partition coefficient (Wildman–Crippen LogP) is 3.04. The summed E-state index contributed by atoms with van der Waals surface area (Å²) in [7, 11) is -7.80. The van der Waals surface area contributed by atoms with Gasteiger partial charge in [-0.1, -0.05) is 17.3 Å². The van der Waals surface area contributed by atoms with Crippen molar-refractivity contribution in [2.75, 3.05) is 0 Å². The zero-order valence-corrected chi connectivity index (χ0v) is 19.6. The molecular formula is C23H19N3O7S2. The molecule has 0 aliphatic heterocycles. The van der Waals surface area contributed by atoms with Gasteiger partial charge in [-0.05, 0) is 59.7 Å². The maximum atomic E-state index is 12.8. The van der Waals surface area contributed by atoms with E-state index in [1.54, 1.807) is 36.4 Å². The van der Waals surface area contributed by atoms with Gasteiger partial charge in [-0.15, -0.1) is 0 Å². The fourth-order valence-corrected chi connectivity index (χ4v) is 5.86. The van der Waals surface area contributed by atoms with Crippen LogP contribution in [0.4, 0.5) is 0 Å². The van der Waals surface area contributed by atoms with E-state index in [0.717, 1.165) is 0 Å². The normalized spacial score (nSPS) is 13.0. The second-order valence-electron chi connectivity index (χ2n) is 7.67. The van der Waals surface area contributed by atoms with Gasteiger partial charge in [0.05, 0.1) is 35.4 Å². The largest absolute Gasteiger partial charge is 0.468 e. The molecule has 0 saturated carbocycles. The Balaban J connectivity index is 1.44. The summed E-state index contributed by atoms with van der Waals surface area (Å²) in [5.41, 5.74) is 2.03. The van der Waals surface area contributed by atoms with E-state index < -0.39 is 20.0 Å². The zero-order valence-electron chi connectivity index (χ0n) is 18.0. The van der Waals surface area contributed by atoms with Gasteiger partial charge in [0.25, 0.3) is 0 Å². The molecule has 12 heteroatoms. The van der Waals surface area contributed by atoms with Gasteiger partial charge >= 0.3 is 0 Å². The summed E-state index contributed by atoms with van der Waals surface area (Å²) in [5.74, 6) is 0.906. The second-order valence-corrected chi connectivity index (χ2v) is 11.2. The van der Waals surface area contributed by atoms with Crippen molar-refractivity contribution in [1.29, 1.82) is 0 Å². The van der Waals surface area contributed by atoms with Crippen LogP contribution in [-0.4, -0.2) is 27.8 Å². The molecule has 3 N–H and O–H groups in total. The van der Waals surface area contributed by atoms with Crippen molar-refractivity contribution in [2.45, 2.75) is 22.9 Å². The molecule has 5 rings (SSSR count). The molecule has 4 aromatic rings. The van der Waals surface area contributed by atoms with Gasteiger partial charge in [0, 0.05) is 11.1 Å². The molecule has 2 aromatic heterocycles. The first-order chi connectivity index (χ1) is 16.8. The number of rotatable bonds is 8. The monoisotopic (exact) mass is 513 g/mol. The minimum absolute atomic E-state index is 0.0280. The summed E-state index contributed by atoms with van der Waals surface area (Å²) in [6.45, 7) is -0.0559. The van der Waals surface area contributed by atoms with Gasteiger partial charge in [0.2, 0.25) is 20.0 Å². The number of hydrogen-bond donors (Lipinski definition) is 3. The maximum Gasteiger partial charge on any atom is 0.240 e. The highest BCUT2D eigenvalue weighted by molar-refractivity contribution is 7.89. The smallest absolute Gasteiger partial charge is 0.240 e. The number of nitrogens with one attached hydrogen (secondary N) is 2. The molecule has 0 atom stereocenters. The van der Waals surface area contributed by atoms with E-state index in [2.05, 4.69) is 14.6 Å². The number of oxime groups is 1. The molecule has 0 bridgehead atoms. The molecule has 0 saturated heterocycles. The highest BCUT2D eigenvalue weighted by Gasteiger charge is 2.29. The predicted molar refractivity (Wildman–Crippen MR) is 125 cm³/mol. The number of sulfonamides is 2. The summed E-state index contributed by atoms with van der Waals surface area (Å²) >= 11 is 0. The van der Waals surface area contributed by atoms with E-state index in [-0.39, 0.29) is 28.6 Å². The first-order valence-corrected chi connectivity index (χ1v) is 13.3. The summed E-state index contributed by atoms with van der Waals surface area (Å²) in [5, 5.41) is 13.1. The van der Waals surface area contributed by atoms with Crippen molar-refractivity contribution in [3.63, 3.8) is 0 Å². The van der Waals surface area contributed by atoms with Crippen LogP contribution in [-0.2, 0) is 33.1 Å². The average molecular weight is 514 g/mol. The lowest BCUT2D eigenvalue weighted by molar-refractivity contribution is 0.320. The van der Waals surface area contributed by atoms with Crippen molar-refractivity contribution in [3.8, 4) is 11.1 Å². The maximum absolute atomic E-state index is 12.8. The molecule has 0 amide bonds. The highest BCUT2D eigenvalue weighted by atomic mass is 32.2. The summed E-state index contributed by atoms with van der Waals surface area (Å²) in [6, 6.07) is 15.4. The molecule has 0 spiro atoms. The highest BCUT2D eigenvalue weighted by Crippen LogP contribution is 2.39. The molecular weight excluding hydrogens is 494 g/mol. The van der Waals surface area contributed by atoms with Crippen LogP contribution in [0.5, 0.6) is 0 Å². The van der Waals surface area contributed by atoms with Crippen molar-refractivity contribution < 1.29 is 30.9 Å². The van der Waals surface area contributed by atoms with Gasteiger partial charge in [-0.2, -0.15) is 0 Å². The SMILES string of the molecule is O=S(=O)(NCc1ccco1)c1ccc2c(c1)C(=NO)c1cc(S(=O)(=O)NCc3ccco3)ccc1-2. The van der Waals surface area contributed by atoms with Gasteiger partial charge in [0.15, 0.2) is 0 Å². The molecule has 2 aromatic carbocycles. The zero-order chi connectivity index (χ0) is 24.6. The van der Waals surface area contributed by atoms with Gasteiger partial charge in [-0.3, -0.25) is 0 Å². The van der Waals surface area contributed by atoms with Crippen molar-refractivity contribution in [1.82, 2.24) is 9.44 Å². The van der Waals surface area contributed by atoms with Crippen molar-refractivity contribution in [2.24, 2.45) is 5.16 Å². The lowest BCUT2D eigenvalue weighted by atomic mass is 10.1. The molecule has 10 nitrogen and oxygen atoms in total. The van der Waals surface area contributed by atoms with Gasteiger partial charge < -0.3 is 14.0 Å². The standard InChI is InChI=1S/C23H19N3O7S2/c27-26-23-21-11-17(34(28,29)24-13-15-3-1-9-32-15)5-7-19(21)20-8-6-18(12-22(20)23)35(30,31)25-14-16-4-2-10-33-16/h1-12,24-25,27H,13-14H2. The third-order valence-electron chi connectivity index (χ3n) is 5.54. The van der Waals surface area contributed by atoms with Crippen molar-refractivity contribution >= 4 is 25.8 Å². The Morgan fingerprint density at radius 2 is 1.14 bits per heavy atom. The Hall–Kier alpha value is -3.71. The summed E-state index contributed by atoms with van der Waals surface area (Å²) in [4.78, 5) is -0.0746. The minimum atomic E-state index is -3.90. The van der Waals surface area contributed by atoms with Crippen LogP contribution in [0.25, 0.3) is 11.1 Å². The number of nitrogens with zero attached hydrogens (tertiary/aromatic N) is 1. The number of furan rings is 2. The van der Waals surface area contributed by atoms with Crippen LogP contribution in [0, 0.1) is 0 Å². The Morgan fingerprint density at radius 1 is 0.686 bits per heavy atom. The number of hydrogen-bond acceptors (Lipinski definition) is 8. The lowest BCUT2D eigenvalue weighted by Gasteiger charge is -2.08. The Morgan fingerprint density at radius 3 is 1.51 bits per heavy atom. The topological polar surface area (TPSA) is 151 Å². The quantitative estimate of drug-likeness (QED) is 0.213. The van der Waals surface area contributed by atoms with Crippen molar-refractivity contribution in [3.05, 3.63) is 95.8 Å². The van der Waals surface area contributed by atoms with Crippen LogP contribution in [0.1, 0.15) is 22.6 Å². The molecule has 2 heterocycles. The van der Waals surface area contributed by atoms with E-state index >= 15 is 0 Å². The minimum Gasteiger partial charge on any atom is -0.468 e. The summed E-state index contributed by atoms with van der Waals surface area (Å²) < 4.78 is 66.4. The van der Waals surface area contributed by atoms with Gasteiger partial charge in [0.1, 0.15) is 17.2 Å². The van der Waals surface area contributed by atoms with Crippen LogP contribution in [0.3, 0.4) is 0 Å². The molecule has 0 radical (unpaired) electrons. The Bertz CT molecular complexity index is 1500. The first-order valence-electron chi connectivity index (χ1n) is 10.3. The van der Waals surface area contributed by atoms with Crippen LogP contribution in [0.2, 0.25) is 0 Å². The van der Waals surface area contributed by atoms with E-state index in [1.165, 1.54) is 36.8 Å². The summed E-state index contributed by atoms with van der Waals surface area (Å²) in [6.07, 6.45) is 2.89. The first kappa shape index (κ1) is 23.1. The average Bonchev–Trinajstić information content (AvgIpc) is 3.61. The van der Waals surface area contributed by atoms with E-state index in [0.29, 0.717) is 33.8 Å². The Labute approximate surface area is 201 Å². The van der Waals surface area contributed by atoms with E-state index in [1.807, 2.05) is 0 Å². The molecule has 180 valence electrons. The lowest BCUT2D eigenvalue weighted by Crippen LogP contribution is -2.23. The number of benzene rings is 2. The second kappa shape index (κ2) is 8.82.